The summed E-state index contributed by atoms with van der Waals surface area (Å²) in [5.74, 6) is 0.115. The number of aliphatic imine (C=N–C) groups is 1. The number of likely N-dealkylation sites (N-methyl/N-ethyl adjacent to an activating group) is 1. The highest BCUT2D eigenvalue weighted by molar-refractivity contribution is 5.78. The van der Waals surface area contributed by atoms with Gasteiger partial charge in [-0.05, 0) is 32.7 Å². The summed E-state index contributed by atoms with van der Waals surface area (Å²) in [6.45, 7) is 6.84. The third-order valence-electron chi connectivity index (χ3n) is 2.62. The minimum absolute atomic E-state index is 0.0404. The average molecular weight is 258 g/mol. The van der Waals surface area contributed by atoms with Gasteiger partial charge in [-0.1, -0.05) is 13.8 Å². The Balaban J connectivity index is 4.06. The molecule has 2 unspecified atom stereocenters. The van der Waals surface area contributed by atoms with Gasteiger partial charge in [0.15, 0.2) is 5.96 Å². The van der Waals surface area contributed by atoms with Gasteiger partial charge in [0.1, 0.15) is 6.04 Å². The zero-order chi connectivity index (χ0) is 14.1. The van der Waals surface area contributed by atoms with E-state index in [1.807, 2.05) is 6.92 Å². The lowest BCUT2D eigenvalue weighted by atomic mass is 10.1. The molecule has 0 aromatic carbocycles. The van der Waals surface area contributed by atoms with E-state index in [0.717, 1.165) is 6.42 Å². The van der Waals surface area contributed by atoms with Gasteiger partial charge in [-0.2, -0.15) is 0 Å². The minimum atomic E-state index is -0.860. The first-order chi connectivity index (χ1) is 8.36. The molecule has 0 saturated heterocycles. The molecular formula is C12H26N4O2. The Kier molecular flexibility index (Phi) is 8.11. The molecule has 0 saturated carbocycles. The molecule has 0 amide bonds. The molecule has 106 valence electrons. The Morgan fingerprint density at radius 3 is 2.44 bits per heavy atom. The molecule has 5 N–H and O–H groups in total. The second-order valence-corrected chi connectivity index (χ2v) is 4.91. The first-order valence-electron chi connectivity index (χ1n) is 6.33. The fourth-order valence-corrected chi connectivity index (χ4v) is 1.50. The number of aliphatic carboxylic acids is 1. The topological polar surface area (TPSA) is 99.7 Å². The maximum absolute atomic E-state index is 10.8. The zero-order valence-corrected chi connectivity index (χ0v) is 11.7. The molecule has 0 rings (SSSR count). The molecule has 0 aromatic heterocycles. The number of nitrogens with two attached hydrogens (primary N) is 1. The quantitative estimate of drug-likeness (QED) is 0.373. The summed E-state index contributed by atoms with van der Waals surface area (Å²) in [7, 11) is 1.63. The van der Waals surface area contributed by atoms with Crippen molar-refractivity contribution in [3.63, 3.8) is 0 Å². The monoisotopic (exact) mass is 258 g/mol. The molecule has 0 radical (unpaired) electrons. The first kappa shape index (κ1) is 16.7. The lowest BCUT2D eigenvalue weighted by Crippen LogP contribution is -2.44. The van der Waals surface area contributed by atoms with Crippen LogP contribution in [0, 0.1) is 5.92 Å². The van der Waals surface area contributed by atoms with Crippen LogP contribution in [0.5, 0.6) is 0 Å². The molecule has 0 heterocycles. The van der Waals surface area contributed by atoms with E-state index in [4.69, 9.17) is 10.8 Å². The Morgan fingerprint density at radius 2 is 2.00 bits per heavy atom. The minimum Gasteiger partial charge on any atom is -0.480 e. The van der Waals surface area contributed by atoms with Gasteiger partial charge in [-0.15, -0.1) is 0 Å². The maximum atomic E-state index is 10.8. The van der Waals surface area contributed by atoms with Crippen LogP contribution in [-0.2, 0) is 4.79 Å². The molecule has 0 fully saturated rings. The Hall–Kier alpha value is -1.30. The van der Waals surface area contributed by atoms with Crippen LogP contribution >= 0.6 is 0 Å². The highest BCUT2D eigenvalue weighted by Crippen LogP contribution is 1.99. The van der Waals surface area contributed by atoms with Crippen molar-refractivity contribution in [3.8, 4) is 0 Å². The maximum Gasteiger partial charge on any atom is 0.320 e. The fourth-order valence-electron chi connectivity index (χ4n) is 1.50. The summed E-state index contributed by atoms with van der Waals surface area (Å²) < 4.78 is 0. The van der Waals surface area contributed by atoms with Crippen LogP contribution in [0.25, 0.3) is 0 Å². The number of hydrogen-bond donors (Lipinski definition) is 4. The Morgan fingerprint density at radius 1 is 1.39 bits per heavy atom. The van der Waals surface area contributed by atoms with Crippen molar-refractivity contribution < 1.29 is 9.90 Å². The number of carboxylic acid groups (broad SMARTS) is 1. The van der Waals surface area contributed by atoms with Gasteiger partial charge in [-0.25, -0.2) is 0 Å². The smallest absolute Gasteiger partial charge is 0.320 e. The Bertz CT molecular complexity index is 279. The largest absolute Gasteiger partial charge is 0.480 e. The zero-order valence-electron chi connectivity index (χ0n) is 11.7. The van der Waals surface area contributed by atoms with Gasteiger partial charge in [0.25, 0.3) is 0 Å². The number of hydrogen-bond acceptors (Lipinski definition) is 3. The van der Waals surface area contributed by atoms with Crippen LogP contribution < -0.4 is 16.4 Å². The number of nitrogens with zero attached hydrogens (tertiary/aromatic N) is 1. The number of carboxylic acids is 1. The van der Waals surface area contributed by atoms with Crippen molar-refractivity contribution in [1.29, 1.82) is 0 Å². The van der Waals surface area contributed by atoms with Gasteiger partial charge in [0.2, 0.25) is 0 Å². The molecule has 0 spiro atoms. The predicted octanol–water partition coefficient (Wildman–Crippen LogP) is 0.388. The van der Waals surface area contributed by atoms with Crippen molar-refractivity contribution in [2.45, 2.75) is 45.7 Å². The third-order valence-corrected chi connectivity index (χ3v) is 2.62. The van der Waals surface area contributed by atoms with Crippen LogP contribution in [0.1, 0.15) is 33.6 Å². The van der Waals surface area contributed by atoms with E-state index in [1.165, 1.54) is 0 Å². The Labute approximate surface area is 109 Å². The van der Waals surface area contributed by atoms with Crippen LogP contribution in [0.15, 0.2) is 4.99 Å². The summed E-state index contributed by atoms with van der Waals surface area (Å²) in [4.78, 5) is 15.0. The number of rotatable bonds is 8. The summed E-state index contributed by atoms with van der Waals surface area (Å²) in [5, 5.41) is 14.6. The summed E-state index contributed by atoms with van der Waals surface area (Å²) in [6.07, 6.45) is 1.44. The van der Waals surface area contributed by atoms with Crippen LogP contribution in [0.4, 0.5) is 0 Å². The lowest BCUT2D eigenvalue weighted by molar-refractivity contribution is -0.139. The number of guanidine groups is 1. The average Bonchev–Trinajstić information content (AvgIpc) is 2.24. The standard InChI is InChI=1S/C12H26N4O2/c1-8(2)5-6-15-12(13)16-9(3)7-10(14-4)11(17)18/h8-10,14H,5-7H2,1-4H3,(H,17,18)(H3,13,15,16). The first-order valence-corrected chi connectivity index (χ1v) is 6.33. The molecule has 18 heavy (non-hydrogen) atoms. The van der Waals surface area contributed by atoms with Gasteiger partial charge in [0.05, 0.1) is 0 Å². The second kappa shape index (κ2) is 8.74. The number of carbonyl (C=O) groups is 1. The van der Waals surface area contributed by atoms with E-state index in [-0.39, 0.29) is 6.04 Å². The van der Waals surface area contributed by atoms with E-state index >= 15 is 0 Å². The molecule has 0 aliphatic rings. The SMILES string of the molecule is CNC(CC(C)NC(N)=NCCC(C)C)C(=O)O. The molecule has 6 heteroatoms. The fraction of sp³-hybridized carbons (Fsp3) is 0.833. The molecule has 0 aliphatic carbocycles. The van der Waals surface area contributed by atoms with E-state index in [0.29, 0.717) is 24.8 Å². The van der Waals surface area contributed by atoms with E-state index < -0.39 is 12.0 Å². The van der Waals surface area contributed by atoms with E-state index in [1.54, 1.807) is 7.05 Å². The van der Waals surface area contributed by atoms with Crippen molar-refractivity contribution >= 4 is 11.9 Å². The van der Waals surface area contributed by atoms with Gasteiger partial charge in [0, 0.05) is 12.6 Å². The normalized spacial score (nSPS) is 15.5. The highest BCUT2D eigenvalue weighted by atomic mass is 16.4. The van der Waals surface area contributed by atoms with Gasteiger partial charge in [-0.3, -0.25) is 9.79 Å². The molecule has 0 aromatic rings. The summed E-state index contributed by atoms with van der Waals surface area (Å²) >= 11 is 0. The predicted molar refractivity (Wildman–Crippen MR) is 73.6 cm³/mol. The van der Waals surface area contributed by atoms with Crippen LogP contribution in [0.2, 0.25) is 0 Å². The van der Waals surface area contributed by atoms with Gasteiger partial charge >= 0.3 is 5.97 Å². The van der Waals surface area contributed by atoms with Gasteiger partial charge < -0.3 is 21.5 Å². The molecular weight excluding hydrogens is 232 g/mol. The van der Waals surface area contributed by atoms with Crippen molar-refractivity contribution in [2.75, 3.05) is 13.6 Å². The third kappa shape index (κ3) is 7.89. The van der Waals surface area contributed by atoms with Crippen LogP contribution in [-0.4, -0.2) is 42.7 Å². The van der Waals surface area contributed by atoms with E-state index in [2.05, 4.69) is 29.5 Å². The van der Waals surface area contributed by atoms with E-state index in [9.17, 15) is 4.79 Å². The molecule has 6 nitrogen and oxygen atoms in total. The summed E-state index contributed by atoms with van der Waals surface area (Å²) in [6, 6.07) is -0.614. The summed E-state index contributed by atoms with van der Waals surface area (Å²) in [5.41, 5.74) is 5.73. The molecule has 2 atom stereocenters. The number of nitrogens with one attached hydrogen (secondary N) is 2. The second-order valence-electron chi connectivity index (χ2n) is 4.91. The highest BCUT2D eigenvalue weighted by Gasteiger charge is 2.18. The van der Waals surface area contributed by atoms with Crippen molar-refractivity contribution in [2.24, 2.45) is 16.6 Å². The molecule has 0 bridgehead atoms. The van der Waals surface area contributed by atoms with Crippen molar-refractivity contribution in [1.82, 2.24) is 10.6 Å². The lowest BCUT2D eigenvalue weighted by Gasteiger charge is -2.18. The molecule has 0 aliphatic heterocycles. The van der Waals surface area contributed by atoms with Crippen molar-refractivity contribution in [3.05, 3.63) is 0 Å². The van der Waals surface area contributed by atoms with Crippen LogP contribution in [0.3, 0.4) is 0 Å².